The maximum Gasteiger partial charge on any atom is 0.264 e. The van der Waals surface area contributed by atoms with E-state index in [0.717, 1.165) is 43.5 Å². The van der Waals surface area contributed by atoms with Crippen LogP contribution < -0.4 is 0 Å². The zero-order valence-electron chi connectivity index (χ0n) is 16.7. The predicted octanol–water partition coefficient (Wildman–Crippen LogP) is 5.17. The largest absolute Gasteiger partial charge is 0.311 e. The average molecular weight is 387 g/mol. The molecule has 0 amide bonds. The van der Waals surface area contributed by atoms with Gasteiger partial charge in [-0.05, 0) is 30.7 Å². The SMILES string of the molecule is C=CC[N+](CC=C)(CC=C)CC=C.CCCCCCCCCS(=O)(=O)O. The van der Waals surface area contributed by atoms with Crippen LogP contribution in [0.2, 0.25) is 0 Å². The van der Waals surface area contributed by atoms with Crippen LogP contribution in [0.1, 0.15) is 51.9 Å². The molecular formula is C21H40NO3S+. The summed E-state index contributed by atoms with van der Waals surface area (Å²) in [7, 11) is -3.72. The monoisotopic (exact) mass is 386 g/mol. The molecule has 0 radical (unpaired) electrons. The lowest BCUT2D eigenvalue weighted by atomic mass is 10.1. The Labute approximate surface area is 162 Å². The van der Waals surface area contributed by atoms with Gasteiger partial charge >= 0.3 is 0 Å². The summed E-state index contributed by atoms with van der Waals surface area (Å²) in [6.45, 7) is 21.0. The third-order valence-electron chi connectivity index (χ3n) is 4.07. The first kappa shape index (κ1) is 27.1. The molecule has 0 aromatic carbocycles. The first-order valence-electron chi connectivity index (χ1n) is 9.54. The molecule has 0 heterocycles. The molecule has 0 unspecified atom stereocenters. The molecule has 0 bridgehead atoms. The van der Waals surface area contributed by atoms with E-state index in [-0.39, 0.29) is 5.75 Å². The minimum atomic E-state index is -3.72. The molecule has 0 aromatic heterocycles. The summed E-state index contributed by atoms with van der Waals surface area (Å²) in [4.78, 5) is 0. The molecule has 0 atom stereocenters. The highest BCUT2D eigenvalue weighted by molar-refractivity contribution is 7.85. The van der Waals surface area contributed by atoms with Crippen molar-refractivity contribution in [2.45, 2.75) is 51.9 Å². The van der Waals surface area contributed by atoms with E-state index >= 15 is 0 Å². The van der Waals surface area contributed by atoms with Gasteiger partial charge in [0.1, 0.15) is 0 Å². The molecule has 152 valence electrons. The summed E-state index contributed by atoms with van der Waals surface area (Å²) in [5.41, 5.74) is 0. The Kier molecular flexibility index (Phi) is 18.0. The summed E-state index contributed by atoms with van der Waals surface area (Å²) in [6, 6.07) is 0. The molecule has 26 heavy (non-hydrogen) atoms. The van der Waals surface area contributed by atoms with Crippen molar-refractivity contribution in [2.75, 3.05) is 31.9 Å². The van der Waals surface area contributed by atoms with Crippen molar-refractivity contribution in [1.29, 1.82) is 0 Å². The predicted molar refractivity (Wildman–Crippen MR) is 115 cm³/mol. The molecule has 0 aliphatic rings. The van der Waals surface area contributed by atoms with Crippen LogP contribution in [0.15, 0.2) is 50.6 Å². The number of unbranched alkanes of at least 4 members (excludes halogenated alkanes) is 6. The smallest absolute Gasteiger partial charge is 0.264 e. The number of hydrogen-bond donors (Lipinski definition) is 1. The molecule has 0 fully saturated rings. The first-order valence-corrected chi connectivity index (χ1v) is 11.2. The zero-order valence-corrected chi connectivity index (χ0v) is 17.6. The van der Waals surface area contributed by atoms with Gasteiger partial charge in [-0.3, -0.25) is 4.55 Å². The molecule has 0 spiro atoms. The Hall–Kier alpha value is -1.17. The minimum absolute atomic E-state index is 0.0826. The summed E-state index contributed by atoms with van der Waals surface area (Å²) >= 11 is 0. The van der Waals surface area contributed by atoms with E-state index in [0.29, 0.717) is 6.42 Å². The van der Waals surface area contributed by atoms with Gasteiger partial charge in [-0.25, -0.2) is 0 Å². The van der Waals surface area contributed by atoms with E-state index in [1.165, 1.54) is 25.7 Å². The summed E-state index contributed by atoms with van der Waals surface area (Å²) in [5.74, 6) is -0.0826. The normalized spacial score (nSPS) is 11.2. The molecule has 0 saturated heterocycles. The lowest BCUT2D eigenvalue weighted by Crippen LogP contribution is -2.48. The van der Waals surface area contributed by atoms with Crippen molar-refractivity contribution < 1.29 is 17.5 Å². The molecule has 4 nitrogen and oxygen atoms in total. The number of hydrogen-bond acceptors (Lipinski definition) is 2. The van der Waals surface area contributed by atoms with Crippen molar-refractivity contribution in [3.63, 3.8) is 0 Å². The fraction of sp³-hybridized carbons (Fsp3) is 0.619. The molecular weight excluding hydrogens is 346 g/mol. The van der Waals surface area contributed by atoms with E-state index in [1.807, 2.05) is 24.3 Å². The van der Waals surface area contributed by atoms with Crippen molar-refractivity contribution >= 4 is 10.1 Å². The number of nitrogens with zero attached hydrogens (tertiary/aromatic N) is 1. The van der Waals surface area contributed by atoms with E-state index in [1.54, 1.807) is 0 Å². The van der Waals surface area contributed by atoms with Crippen LogP contribution >= 0.6 is 0 Å². The van der Waals surface area contributed by atoms with Gasteiger partial charge in [-0.1, -0.05) is 71.8 Å². The topological polar surface area (TPSA) is 54.4 Å². The second-order valence-corrected chi connectivity index (χ2v) is 8.21. The van der Waals surface area contributed by atoms with E-state index in [9.17, 15) is 8.42 Å². The second-order valence-electron chi connectivity index (χ2n) is 6.63. The lowest BCUT2D eigenvalue weighted by Gasteiger charge is -2.35. The van der Waals surface area contributed by atoms with Crippen LogP contribution in [0.4, 0.5) is 0 Å². The van der Waals surface area contributed by atoms with Gasteiger partial charge in [0.05, 0.1) is 31.9 Å². The average Bonchev–Trinajstić information content (AvgIpc) is 2.55. The van der Waals surface area contributed by atoms with Crippen LogP contribution in [0.5, 0.6) is 0 Å². The highest BCUT2D eigenvalue weighted by atomic mass is 32.2. The Morgan fingerprint density at radius 1 is 0.731 bits per heavy atom. The van der Waals surface area contributed by atoms with Crippen LogP contribution in [-0.4, -0.2) is 49.4 Å². The van der Waals surface area contributed by atoms with Crippen molar-refractivity contribution in [2.24, 2.45) is 0 Å². The van der Waals surface area contributed by atoms with Gasteiger partial charge < -0.3 is 4.48 Å². The summed E-state index contributed by atoms with van der Waals surface area (Å²) < 4.78 is 30.0. The molecule has 0 rings (SSSR count). The van der Waals surface area contributed by atoms with Crippen LogP contribution in [0, 0.1) is 0 Å². The fourth-order valence-electron chi connectivity index (χ4n) is 2.78. The fourth-order valence-corrected chi connectivity index (χ4v) is 3.35. The highest BCUT2D eigenvalue weighted by Gasteiger charge is 2.20. The maximum absolute atomic E-state index is 10.3. The highest BCUT2D eigenvalue weighted by Crippen LogP contribution is 2.08. The van der Waals surface area contributed by atoms with Crippen LogP contribution in [-0.2, 0) is 10.1 Å². The molecule has 0 aliphatic carbocycles. The molecule has 1 N–H and O–H groups in total. The van der Waals surface area contributed by atoms with Gasteiger partial charge in [-0.15, -0.1) is 0 Å². The van der Waals surface area contributed by atoms with Gasteiger partial charge in [0.15, 0.2) is 0 Å². The van der Waals surface area contributed by atoms with Crippen LogP contribution in [0.3, 0.4) is 0 Å². The van der Waals surface area contributed by atoms with E-state index in [2.05, 4.69) is 33.2 Å². The van der Waals surface area contributed by atoms with Gasteiger partial charge in [0, 0.05) is 0 Å². The van der Waals surface area contributed by atoms with Gasteiger partial charge in [-0.2, -0.15) is 8.42 Å². The summed E-state index contributed by atoms with van der Waals surface area (Å²) in [5, 5.41) is 0. The Bertz CT molecular complexity index is 438. The quantitative estimate of drug-likeness (QED) is 0.172. The van der Waals surface area contributed by atoms with E-state index in [4.69, 9.17) is 4.55 Å². The minimum Gasteiger partial charge on any atom is -0.311 e. The van der Waals surface area contributed by atoms with Gasteiger partial charge in [0.25, 0.3) is 10.1 Å². The third kappa shape index (κ3) is 17.6. The Balaban J connectivity index is 0. The molecule has 0 saturated carbocycles. The third-order valence-corrected chi connectivity index (χ3v) is 4.88. The number of rotatable bonds is 16. The molecule has 0 aliphatic heterocycles. The van der Waals surface area contributed by atoms with Crippen molar-refractivity contribution in [3.8, 4) is 0 Å². The first-order chi connectivity index (χ1) is 12.3. The Morgan fingerprint density at radius 2 is 1.08 bits per heavy atom. The van der Waals surface area contributed by atoms with Gasteiger partial charge in [0.2, 0.25) is 0 Å². The van der Waals surface area contributed by atoms with Crippen molar-refractivity contribution in [3.05, 3.63) is 50.6 Å². The zero-order chi connectivity index (χ0) is 20.3. The van der Waals surface area contributed by atoms with Crippen molar-refractivity contribution in [1.82, 2.24) is 0 Å². The Morgan fingerprint density at radius 3 is 1.38 bits per heavy atom. The summed E-state index contributed by atoms with van der Waals surface area (Å²) in [6.07, 6.45) is 15.2. The molecule has 0 aromatic rings. The molecule has 5 heteroatoms. The lowest BCUT2D eigenvalue weighted by molar-refractivity contribution is -0.906. The standard InChI is InChI=1S/C12H20N.C9H20O3S/c1-5-9-13(10-6-2,11-7-3)12-8-4;1-2-3-4-5-6-7-8-9-13(10,11)12/h5-8H,1-4,9-12H2;2-9H2,1H3,(H,10,11,12)/q+1;. The maximum atomic E-state index is 10.3. The van der Waals surface area contributed by atoms with E-state index < -0.39 is 10.1 Å². The van der Waals surface area contributed by atoms with Crippen LogP contribution in [0.25, 0.3) is 0 Å². The second kappa shape index (κ2) is 17.3. The number of quaternary nitrogens is 1.